The van der Waals surface area contributed by atoms with Crippen LogP contribution in [0.2, 0.25) is 0 Å². The van der Waals surface area contributed by atoms with Crippen LogP contribution in [0, 0.1) is 10.1 Å². The second-order valence-corrected chi connectivity index (χ2v) is 5.70. The van der Waals surface area contributed by atoms with Gasteiger partial charge in [-0.3, -0.25) is 10.1 Å². The monoisotopic (exact) mass is 294 g/mol. The molecule has 7 nitrogen and oxygen atoms in total. The maximum Gasteiger partial charge on any atom is 0.306 e. The fourth-order valence-corrected chi connectivity index (χ4v) is 2.94. The van der Waals surface area contributed by atoms with E-state index in [9.17, 15) is 18.5 Å². The molecular weight excluding hydrogens is 284 g/mol. The zero-order chi connectivity index (χ0) is 13.8. The summed E-state index contributed by atoms with van der Waals surface area (Å²) in [5.41, 5.74) is -0.564. The third-order valence-corrected chi connectivity index (χ3v) is 4.04. The van der Waals surface area contributed by atoms with E-state index in [-0.39, 0.29) is 23.9 Å². The summed E-state index contributed by atoms with van der Waals surface area (Å²) in [5, 5.41) is 10.2. The quantitative estimate of drug-likeness (QED) is 0.447. The van der Waals surface area contributed by atoms with Crippen molar-refractivity contribution in [2.75, 3.05) is 18.7 Å². The van der Waals surface area contributed by atoms with Crippen LogP contribution in [0.1, 0.15) is 6.42 Å². The number of methoxy groups -OCH3 is 1. The van der Waals surface area contributed by atoms with Crippen LogP contribution >= 0.6 is 11.6 Å². The number of nitro groups is 1. The molecule has 0 fully saturated rings. The molecule has 0 aromatic carbocycles. The Balaban J connectivity index is 3.31. The third-order valence-electron chi connectivity index (χ3n) is 2.06. The second-order valence-electron chi connectivity index (χ2n) is 3.30. The predicted octanol–water partition coefficient (Wildman–Crippen LogP) is 1.40. The van der Waals surface area contributed by atoms with Gasteiger partial charge in [0, 0.05) is 18.0 Å². The standard InChI is InChI=1S/C9H11ClN2O5S/c1-17-8-4-3-7(12(13)14)9(11-8)18(15,16)6-2-5-10/h3-4H,2,5-6H2,1H3. The number of hydrogen-bond donors (Lipinski definition) is 0. The Morgan fingerprint density at radius 3 is 2.67 bits per heavy atom. The molecule has 0 N–H and O–H groups in total. The van der Waals surface area contributed by atoms with Crippen molar-refractivity contribution in [3.63, 3.8) is 0 Å². The molecule has 0 amide bonds. The Labute approximate surface area is 109 Å². The van der Waals surface area contributed by atoms with Crippen molar-refractivity contribution in [2.24, 2.45) is 0 Å². The van der Waals surface area contributed by atoms with Crippen LogP contribution in [0.4, 0.5) is 5.69 Å². The molecule has 1 aromatic heterocycles. The molecule has 18 heavy (non-hydrogen) atoms. The van der Waals surface area contributed by atoms with Crippen molar-refractivity contribution in [1.82, 2.24) is 4.98 Å². The van der Waals surface area contributed by atoms with Gasteiger partial charge in [-0.1, -0.05) is 0 Å². The normalized spacial score (nSPS) is 11.2. The molecular formula is C9H11ClN2O5S. The summed E-state index contributed by atoms with van der Waals surface area (Å²) in [6.07, 6.45) is 0.194. The Hall–Kier alpha value is -1.41. The molecule has 0 aliphatic heterocycles. The van der Waals surface area contributed by atoms with Crippen LogP contribution in [-0.2, 0) is 9.84 Å². The topological polar surface area (TPSA) is 99.4 Å². The maximum absolute atomic E-state index is 11.9. The molecule has 100 valence electrons. The minimum absolute atomic E-state index is 0.00467. The molecule has 0 bridgehead atoms. The molecule has 0 atom stereocenters. The van der Waals surface area contributed by atoms with Gasteiger partial charge in [0.15, 0.2) is 0 Å². The number of alkyl halides is 1. The second kappa shape index (κ2) is 5.96. The van der Waals surface area contributed by atoms with E-state index in [1.54, 1.807) is 0 Å². The number of pyridine rings is 1. The largest absolute Gasteiger partial charge is 0.481 e. The van der Waals surface area contributed by atoms with Gasteiger partial charge in [-0.05, 0) is 6.42 Å². The Morgan fingerprint density at radius 1 is 1.50 bits per heavy atom. The minimum Gasteiger partial charge on any atom is -0.481 e. The highest BCUT2D eigenvalue weighted by atomic mass is 35.5. The SMILES string of the molecule is COc1ccc([N+](=O)[O-])c(S(=O)(=O)CCCCl)n1. The molecule has 1 heterocycles. The zero-order valence-corrected chi connectivity index (χ0v) is 11.1. The Morgan fingerprint density at radius 2 is 2.17 bits per heavy atom. The first-order valence-electron chi connectivity index (χ1n) is 4.90. The van der Waals surface area contributed by atoms with Crippen LogP contribution in [0.3, 0.4) is 0 Å². The van der Waals surface area contributed by atoms with Crippen molar-refractivity contribution < 1.29 is 18.1 Å². The lowest BCUT2D eigenvalue weighted by molar-refractivity contribution is -0.388. The molecule has 0 aliphatic rings. The fraction of sp³-hybridized carbons (Fsp3) is 0.444. The molecule has 0 saturated carbocycles. The van der Waals surface area contributed by atoms with Crippen LogP contribution in [0.15, 0.2) is 17.2 Å². The Kier molecular flexibility index (Phi) is 4.85. The molecule has 0 aliphatic carbocycles. The first-order valence-corrected chi connectivity index (χ1v) is 7.09. The van der Waals surface area contributed by atoms with E-state index >= 15 is 0 Å². The first kappa shape index (κ1) is 14.7. The van der Waals surface area contributed by atoms with Gasteiger partial charge in [0.1, 0.15) is 0 Å². The van der Waals surface area contributed by atoms with Crippen LogP contribution < -0.4 is 4.74 Å². The average molecular weight is 295 g/mol. The average Bonchev–Trinajstić information content (AvgIpc) is 2.35. The van der Waals surface area contributed by atoms with Gasteiger partial charge in [0.05, 0.1) is 17.8 Å². The number of ether oxygens (including phenoxy) is 1. The van der Waals surface area contributed by atoms with E-state index in [1.165, 1.54) is 13.2 Å². The highest BCUT2D eigenvalue weighted by Crippen LogP contribution is 2.25. The van der Waals surface area contributed by atoms with E-state index in [0.717, 1.165) is 6.07 Å². The van der Waals surface area contributed by atoms with Crippen LogP contribution in [0.25, 0.3) is 0 Å². The van der Waals surface area contributed by atoms with Crippen LogP contribution in [0.5, 0.6) is 5.88 Å². The van der Waals surface area contributed by atoms with Gasteiger partial charge < -0.3 is 4.74 Å². The van der Waals surface area contributed by atoms with Crippen LogP contribution in [-0.4, -0.2) is 37.1 Å². The third kappa shape index (κ3) is 3.30. The smallest absolute Gasteiger partial charge is 0.306 e. The highest BCUT2D eigenvalue weighted by Gasteiger charge is 2.28. The number of nitrogens with zero attached hydrogens (tertiary/aromatic N) is 2. The van der Waals surface area contributed by atoms with Gasteiger partial charge >= 0.3 is 5.69 Å². The van der Waals surface area contributed by atoms with E-state index in [1.807, 2.05) is 0 Å². The van der Waals surface area contributed by atoms with E-state index in [4.69, 9.17) is 16.3 Å². The zero-order valence-electron chi connectivity index (χ0n) is 9.50. The number of sulfone groups is 1. The fourth-order valence-electron chi connectivity index (χ4n) is 1.24. The van der Waals surface area contributed by atoms with Crippen molar-refractivity contribution in [3.8, 4) is 5.88 Å². The summed E-state index contributed by atoms with van der Waals surface area (Å²) in [4.78, 5) is 13.6. The summed E-state index contributed by atoms with van der Waals surface area (Å²) in [5.74, 6) is -0.140. The lowest BCUT2D eigenvalue weighted by atomic mass is 10.4. The number of hydrogen-bond acceptors (Lipinski definition) is 6. The summed E-state index contributed by atoms with van der Waals surface area (Å²) in [6.45, 7) is 0. The van der Waals surface area contributed by atoms with Crippen molar-refractivity contribution in [1.29, 1.82) is 0 Å². The molecule has 1 aromatic rings. The molecule has 9 heteroatoms. The lowest BCUT2D eigenvalue weighted by Gasteiger charge is -2.05. The summed E-state index contributed by atoms with van der Waals surface area (Å²) < 4.78 is 28.6. The van der Waals surface area contributed by atoms with Gasteiger partial charge in [-0.15, -0.1) is 11.6 Å². The first-order chi connectivity index (χ1) is 8.42. The summed E-state index contributed by atoms with van der Waals surface area (Å²) >= 11 is 5.41. The van der Waals surface area contributed by atoms with E-state index in [0.29, 0.717) is 0 Å². The van der Waals surface area contributed by atoms with Crippen molar-refractivity contribution >= 4 is 27.1 Å². The highest BCUT2D eigenvalue weighted by molar-refractivity contribution is 7.91. The van der Waals surface area contributed by atoms with Crippen molar-refractivity contribution in [3.05, 3.63) is 22.2 Å². The van der Waals surface area contributed by atoms with Gasteiger partial charge in [0.2, 0.25) is 20.7 Å². The summed E-state index contributed by atoms with van der Waals surface area (Å²) in [7, 11) is -2.55. The number of halogens is 1. The van der Waals surface area contributed by atoms with Crippen molar-refractivity contribution in [2.45, 2.75) is 11.4 Å². The lowest BCUT2D eigenvalue weighted by Crippen LogP contribution is -2.12. The predicted molar refractivity (Wildman–Crippen MR) is 64.8 cm³/mol. The molecule has 0 unspecified atom stereocenters. The minimum atomic E-state index is -3.85. The molecule has 1 rings (SSSR count). The van der Waals surface area contributed by atoms with Gasteiger partial charge in [0.25, 0.3) is 0 Å². The number of rotatable bonds is 6. The van der Waals surface area contributed by atoms with E-state index < -0.39 is 25.5 Å². The Bertz CT molecular complexity index is 546. The van der Waals surface area contributed by atoms with Gasteiger partial charge in [-0.2, -0.15) is 4.98 Å². The van der Waals surface area contributed by atoms with Gasteiger partial charge in [-0.25, -0.2) is 8.42 Å². The maximum atomic E-state index is 11.9. The molecule has 0 saturated heterocycles. The summed E-state index contributed by atoms with van der Waals surface area (Å²) in [6, 6.07) is 2.29. The molecule has 0 spiro atoms. The molecule has 0 radical (unpaired) electrons. The van der Waals surface area contributed by atoms with E-state index in [2.05, 4.69) is 4.98 Å². The number of aromatic nitrogens is 1.